The van der Waals surface area contributed by atoms with Crippen molar-refractivity contribution in [1.82, 2.24) is 10.2 Å². The van der Waals surface area contributed by atoms with E-state index in [4.69, 9.17) is 4.74 Å². The number of nitrogens with one attached hydrogen (secondary N) is 1. The van der Waals surface area contributed by atoms with Gasteiger partial charge in [0.1, 0.15) is 12.8 Å². The monoisotopic (exact) mass is 266 g/mol. The molecule has 0 bridgehead atoms. The summed E-state index contributed by atoms with van der Waals surface area (Å²) in [6.45, 7) is 0.848. The van der Waals surface area contributed by atoms with Crippen LogP contribution in [0.1, 0.15) is 12.0 Å². The zero-order valence-corrected chi connectivity index (χ0v) is 11.0. The molecule has 104 valence electrons. The Morgan fingerprint density at radius 1 is 1.47 bits per heavy atom. The van der Waals surface area contributed by atoms with Crippen molar-refractivity contribution in [2.75, 3.05) is 20.1 Å². The summed E-state index contributed by atoms with van der Waals surface area (Å²) in [5, 5.41) is 2.92. The molecule has 0 saturated carbocycles. The number of hydrogen-bond donors (Lipinski definition) is 1. The standard InChI is InChI=1S/C14H19FN2O2/c1-16-13-7-8-17(9-12(13)15)14(18)19-10-11-5-3-2-4-6-11/h2-6,12-13,16H,7-10H2,1H3. The highest BCUT2D eigenvalue weighted by atomic mass is 19.1. The first-order chi connectivity index (χ1) is 9.20. The maximum Gasteiger partial charge on any atom is 0.410 e. The first-order valence-electron chi connectivity index (χ1n) is 6.47. The number of amides is 1. The molecule has 1 heterocycles. The molecule has 0 radical (unpaired) electrons. The van der Waals surface area contributed by atoms with Crippen molar-refractivity contribution in [2.45, 2.75) is 25.2 Å². The second kappa shape index (κ2) is 6.52. The Balaban J connectivity index is 1.81. The van der Waals surface area contributed by atoms with Crippen LogP contribution >= 0.6 is 0 Å². The van der Waals surface area contributed by atoms with Gasteiger partial charge in [0.2, 0.25) is 0 Å². The molecule has 1 aromatic carbocycles. The predicted octanol–water partition coefficient (Wildman–Crippen LogP) is 1.95. The Hall–Kier alpha value is -1.62. The van der Waals surface area contributed by atoms with Gasteiger partial charge in [0.25, 0.3) is 0 Å². The van der Waals surface area contributed by atoms with Gasteiger partial charge in [-0.2, -0.15) is 0 Å². The molecule has 5 heteroatoms. The number of piperidine rings is 1. The molecule has 1 amide bonds. The maximum atomic E-state index is 13.7. The lowest BCUT2D eigenvalue weighted by atomic mass is 10.0. The fourth-order valence-electron chi connectivity index (χ4n) is 2.21. The summed E-state index contributed by atoms with van der Waals surface area (Å²) >= 11 is 0. The predicted molar refractivity (Wildman–Crippen MR) is 70.6 cm³/mol. The van der Waals surface area contributed by atoms with Gasteiger partial charge in [0, 0.05) is 12.6 Å². The van der Waals surface area contributed by atoms with E-state index in [1.54, 1.807) is 7.05 Å². The highest BCUT2D eigenvalue weighted by Gasteiger charge is 2.31. The van der Waals surface area contributed by atoms with Crippen LogP contribution in [0.2, 0.25) is 0 Å². The minimum atomic E-state index is -1.04. The molecule has 4 nitrogen and oxygen atoms in total. The number of rotatable bonds is 3. The van der Waals surface area contributed by atoms with Crippen molar-refractivity contribution in [3.05, 3.63) is 35.9 Å². The number of ether oxygens (including phenoxy) is 1. The van der Waals surface area contributed by atoms with Gasteiger partial charge in [-0.25, -0.2) is 9.18 Å². The van der Waals surface area contributed by atoms with Crippen molar-refractivity contribution in [1.29, 1.82) is 0 Å². The zero-order chi connectivity index (χ0) is 13.7. The molecule has 1 fully saturated rings. The molecule has 0 aliphatic carbocycles. The normalized spacial score (nSPS) is 23.2. The van der Waals surface area contributed by atoms with E-state index in [0.717, 1.165) is 5.56 Å². The summed E-state index contributed by atoms with van der Waals surface area (Å²) in [6, 6.07) is 9.29. The molecule has 1 aliphatic heterocycles. The number of carbonyl (C=O) groups excluding carboxylic acids is 1. The third-order valence-corrected chi connectivity index (χ3v) is 3.38. The highest BCUT2D eigenvalue weighted by Crippen LogP contribution is 2.15. The molecule has 19 heavy (non-hydrogen) atoms. The van der Waals surface area contributed by atoms with Gasteiger partial charge in [0.15, 0.2) is 0 Å². The fraction of sp³-hybridized carbons (Fsp3) is 0.500. The summed E-state index contributed by atoms with van der Waals surface area (Å²) in [5.41, 5.74) is 0.928. The Bertz CT molecular complexity index is 413. The summed E-state index contributed by atoms with van der Waals surface area (Å²) in [7, 11) is 1.74. The largest absolute Gasteiger partial charge is 0.445 e. The molecular formula is C14H19FN2O2. The van der Waals surface area contributed by atoms with E-state index < -0.39 is 12.3 Å². The lowest BCUT2D eigenvalue weighted by Gasteiger charge is -2.33. The summed E-state index contributed by atoms with van der Waals surface area (Å²) in [6.07, 6.45) is -0.873. The topological polar surface area (TPSA) is 41.6 Å². The number of halogens is 1. The van der Waals surface area contributed by atoms with Crippen molar-refractivity contribution >= 4 is 6.09 Å². The van der Waals surface area contributed by atoms with Crippen molar-refractivity contribution < 1.29 is 13.9 Å². The quantitative estimate of drug-likeness (QED) is 0.909. The van der Waals surface area contributed by atoms with E-state index in [0.29, 0.717) is 13.0 Å². The van der Waals surface area contributed by atoms with E-state index in [2.05, 4.69) is 5.32 Å². The van der Waals surface area contributed by atoms with Crippen molar-refractivity contribution in [2.24, 2.45) is 0 Å². The van der Waals surface area contributed by atoms with E-state index in [9.17, 15) is 9.18 Å². The lowest BCUT2D eigenvalue weighted by Crippen LogP contribution is -2.51. The van der Waals surface area contributed by atoms with Crippen LogP contribution in [-0.2, 0) is 11.3 Å². The van der Waals surface area contributed by atoms with Crippen molar-refractivity contribution in [3.63, 3.8) is 0 Å². The maximum absolute atomic E-state index is 13.7. The zero-order valence-electron chi connectivity index (χ0n) is 11.0. The highest BCUT2D eigenvalue weighted by molar-refractivity contribution is 5.67. The molecule has 1 saturated heterocycles. The first-order valence-corrected chi connectivity index (χ1v) is 6.47. The van der Waals surface area contributed by atoms with E-state index >= 15 is 0 Å². The molecule has 2 unspecified atom stereocenters. The minimum Gasteiger partial charge on any atom is -0.445 e. The molecule has 0 spiro atoms. The summed E-state index contributed by atoms with van der Waals surface area (Å²) in [4.78, 5) is 13.3. The van der Waals surface area contributed by atoms with Gasteiger partial charge < -0.3 is 15.0 Å². The van der Waals surface area contributed by atoms with Gasteiger partial charge in [-0.3, -0.25) is 0 Å². The van der Waals surface area contributed by atoms with Crippen LogP contribution < -0.4 is 5.32 Å². The first kappa shape index (κ1) is 13.8. The van der Waals surface area contributed by atoms with Gasteiger partial charge in [-0.1, -0.05) is 30.3 Å². The molecule has 2 atom stereocenters. The lowest BCUT2D eigenvalue weighted by molar-refractivity contribution is 0.0617. The molecule has 0 aromatic heterocycles. The summed E-state index contributed by atoms with van der Waals surface area (Å²) in [5.74, 6) is 0. The number of hydrogen-bond acceptors (Lipinski definition) is 3. The number of carbonyl (C=O) groups is 1. The smallest absolute Gasteiger partial charge is 0.410 e. The third kappa shape index (κ3) is 3.67. The van der Waals surface area contributed by atoms with Crippen LogP contribution in [-0.4, -0.2) is 43.3 Å². The SMILES string of the molecule is CNC1CCN(C(=O)OCc2ccccc2)CC1F. The van der Waals surface area contributed by atoms with Gasteiger partial charge >= 0.3 is 6.09 Å². The van der Waals surface area contributed by atoms with Gasteiger partial charge in [0.05, 0.1) is 6.54 Å². The fourth-order valence-corrected chi connectivity index (χ4v) is 2.21. The van der Waals surface area contributed by atoms with Crippen LogP contribution in [0.3, 0.4) is 0 Å². The van der Waals surface area contributed by atoms with E-state index in [1.807, 2.05) is 30.3 Å². The molecule has 1 N–H and O–H groups in total. The number of alkyl halides is 1. The third-order valence-electron chi connectivity index (χ3n) is 3.38. The van der Waals surface area contributed by atoms with E-state index in [1.165, 1.54) is 4.90 Å². The van der Waals surface area contributed by atoms with Crippen molar-refractivity contribution in [3.8, 4) is 0 Å². The van der Waals surface area contributed by atoms with E-state index in [-0.39, 0.29) is 19.2 Å². The molecule has 1 aliphatic rings. The second-order valence-electron chi connectivity index (χ2n) is 4.69. The van der Waals surface area contributed by atoms with Crippen LogP contribution in [0.15, 0.2) is 30.3 Å². The number of likely N-dealkylation sites (tertiary alicyclic amines) is 1. The molecule has 1 aromatic rings. The summed E-state index contributed by atoms with van der Waals surface area (Å²) < 4.78 is 18.9. The van der Waals surface area contributed by atoms with Crippen LogP contribution in [0.25, 0.3) is 0 Å². The van der Waals surface area contributed by atoms with Crippen LogP contribution in [0, 0.1) is 0 Å². The van der Waals surface area contributed by atoms with Gasteiger partial charge in [-0.15, -0.1) is 0 Å². The average molecular weight is 266 g/mol. The van der Waals surface area contributed by atoms with Gasteiger partial charge in [-0.05, 0) is 19.0 Å². The Morgan fingerprint density at radius 2 is 2.21 bits per heavy atom. The minimum absolute atomic E-state index is 0.0964. The Morgan fingerprint density at radius 3 is 2.84 bits per heavy atom. The Kier molecular flexibility index (Phi) is 4.74. The number of nitrogens with zero attached hydrogens (tertiary/aromatic N) is 1. The van der Waals surface area contributed by atoms with Crippen LogP contribution in [0.5, 0.6) is 0 Å². The van der Waals surface area contributed by atoms with Crippen LogP contribution in [0.4, 0.5) is 9.18 Å². The Labute approximate surface area is 112 Å². The second-order valence-corrected chi connectivity index (χ2v) is 4.69. The number of benzene rings is 1. The molecule has 2 rings (SSSR count). The average Bonchev–Trinajstić information content (AvgIpc) is 2.45. The molecular weight excluding hydrogens is 247 g/mol.